The first kappa shape index (κ1) is 13.9. The molecule has 0 spiro atoms. The third kappa shape index (κ3) is 7.30. The maximum absolute atomic E-state index is 5.82. The third-order valence-corrected chi connectivity index (χ3v) is 2.07. The molecule has 86 valence electrons. The lowest BCUT2D eigenvalue weighted by Crippen LogP contribution is -2.35. The molecule has 0 radical (unpaired) electrons. The molecule has 0 saturated carbocycles. The van der Waals surface area contributed by atoms with E-state index >= 15 is 0 Å². The van der Waals surface area contributed by atoms with Crippen LogP contribution in [-0.4, -0.2) is 31.0 Å². The Kier molecular flexibility index (Phi) is 6.33. The largest absolute Gasteiger partial charge is 0.375 e. The van der Waals surface area contributed by atoms with Crippen LogP contribution in [0.1, 0.15) is 41.0 Å². The normalized spacial score (nSPS) is 16.7. The summed E-state index contributed by atoms with van der Waals surface area (Å²) < 4.78 is 11.1. The molecule has 3 heteroatoms. The summed E-state index contributed by atoms with van der Waals surface area (Å²) in [6, 6.07) is 0.129. The summed E-state index contributed by atoms with van der Waals surface area (Å²) in [5.41, 5.74) is 5.73. The minimum absolute atomic E-state index is 0.0839. The van der Waals surface area contributed by atoms with Crippen LogP contribution in [0, 0.1) is 0 Å². The maximum atomic E-state index is 5.82. The van der Waals surface area contributed by atoms with E-state index in [1.165, 1.54) is 0 Å². The minimum atomic E-state index is -0.0839. The van der Waals surface area contributed by atoms with Gasteiger partial charge in [-0.05, 0) is 34.1 Å². The summed E-state index contributed by atoms with van der Waals surface area (Å²) in [5, 5.41) is 0. The third-order valence-electron chi connectivity index (χ3n) is 2.07. The molecule has 0 aliphatic carbocycles. The van der Waals surface area contributed by atoms with Gasteiger partial charge >= 0.3 is 0 Å². The second-order valence-electron chi connectivity index (χ2n) is 4.61. The van der Waals surface area contributed by atoms with Gasteiger partial charge in [0.25, 0.3) is 0 Å². The van der Waals surface area contributed by atoms with Crippen LogP contribution >= 0.6 is 0 Å². The van der Waals surface area contributed by atoms with Crippen LogP contribution in [0.15, 0.2) is 0 Å². The van der Waals surface area contributed by atoms with E-state index in [0.29, 0.717) is 13.2 Å². The summed E-state index contributed by atoms with van der Waals surface area (Å²) in [4.78, 5) is 0. The second kappa shape index (κ2) is 6.38. The highest BCUT2D eigenvalue weighted by atomic mass is 16.5. The van der Waals surface area contributed by atoms with Crippen LogP contribution in [0.4, 0.5) is 0 Å². The molecular formula is C11H25NO2. The highest BCUT2D eigenvalue weighted by Gasteiger charge is 2.12. The first-order valence-electron chi connectivity index (χ1n) is 5.38. The highest BCUT2D eigenvalue weighted by molar-refractivity contribution is 4.66. The van der Waals surface area contributed by atoms with E-state index in [9.17, 15) is 0 Å². The molecular weight excluding hydrogens is 178 g/mol. The maximum Gasteiger partial charge on any atom is 0.0707 e. The Morgan fingerprint density at radius 1 is 1.21 bits per heavy atom. The number of hydrogen-bond acceptors (Lipinski definition) is 3. The van der Waals surface area contributed by atoms with Gasteiger partial charge in [-0.15, -0.1) is 0 Å². The SMILES string of the molecule is CCC(N)C(C)OCCOC(C)(C)C. The smallest absolute Gasteiger partial charge is 0.0707 e. The van der Waals surface area contributed by atoms with Crippen molar-refractivity contribution in [2.75, 3.05) is 13.2 Å². The quantitative estimate of drug-likeness (QED) is 0.671. The van der Waals surface area contributed by atoms with Crippen molar-refractivity contribution in [1.82, 2.24) is 0 Å². The predicted octanol–water partition coefficient (Wildman–Crippen LogP) is 1.94. The van der Waals surface area contributed by atoms with Crippen molar-refractivity contribution < 1.29 is 9.47 Å². The molecule has 0 fully saturated rings. The van der Waals surface area contributed by atoms with Gasteiger partial charge in [-0.3, -0.25) is 0 Å². The molecule has 0 saturated heterocycles. The van der Waals surface area contributed by atoms with Gasteiger partial charge in [0.2, 0.25) is 0 Å². The number of nitrogens with two attached hydrogens (primary N) is 1. The van der Waals surface area contributed by atoms with Crippen molar-refractivity contribution in [3.8, 4) is 0 Å². The lowest BCUT2D eigenvalue weighted by atomic mass is 10.1. The molecule has 2 N–H and O–H groups in total. The first-order valence-corrected chi connectivity index (χ1v) is 5.38. The van der Waals surface area contributed by atoms with Crippen molar-refractivity contribution in [1.29, 1.82) is 0 Å². The standard InChI is InChI=1S/C11H25NO2/c1-6-10(12)9(2)13-7-8-14-11(3,4)5/h9-10H,6-8,12H2,1-5H3. The van der Waals surface area contributed by atoms with Crippen molar-refractivity contribution in [2.24, 2.45) is 5.73 Å². The van der Waals surface area contributed by atoms with Gasteiger partial charge < -0.3 is 15.2 Å². The van der Waals surface area contributed by atoms with Gasteiger partial charge in [-0.25, -0.2) is 0 Å². The second-order valence-corrected chi connectivity index (χ2v) is 4.61. The van der Waals surface area contributed by atoms with Crippen LogP contribution in [0.3, 0.4) is 0 Å². The van der Waals surface area contributed by atoms with Gasteiger partial charge in [0.15, 0.2) is 0 Å². The van der Waals surface area contributed by atoms with E-state index in [1.807, 2.05) is 27.7 Å². The zero-order chi connectivity index (χ0) is 11.2. The van der Waals surface area contributed by atoms with E-state index in [-0.39, 0.29) is 17.7 Å². The van der Waals surface area contributed by atoms with Gasteiger partial charge in [-0.2, -0.15) is 0 Å². The summed E-state index contributed by atoms with van der Waals surface area (Å²) in [6.07, 6.45) is 1.06. The highest BCUT2D eigenvalue weighted by Crippen LogP contribution is 2.06. The van der Waals surface area contributed by atoms with Crippen LogP contribution in [0.5, 0.6) is 0 Å². The van der Waals surface area contributed by atoms with Gasteiger partial charge in [0.05, 0.1) is 24.9 Å². The molecule has 14 heavy (non-hydrogen) atoms. The van der Waals surface area contributed by atoms with Crippen molar-refractivity contribution in [2.45, 2.75) is 58.8 Å². The average Bonchev–Trinajstić information content (AvgIpc) is 2.09. The summed E-state index contributed by atoms with van der Waals surface area (Å²) in [5.74, 6) is 0. The first-order chi connectivity index (χ1) is 6.37. The van der Waals surface area contributed by atoms with Crippen molar-refractivity contribution in [3.63, 3.8) is 0 Å². The summed E-state index contributed by atoms with van der Waals surface area (Å²) >= 11 is 0. The molecule has 0 aromatic carbocycles. The number of rotatable bonds is 6. The molecule has 0 aromatic rings. The van der Waals surface area contributed by atoms with Crippen molar-refractivity contribution >= 4 is 0 Å². The van der Waals surface area contributed by atoms with Crippen LogP contribution in [0.2, 0.25) is 0 Å². The Morgan fingerprint density at radius 2 is 1.79 bits per heavy atom. The number of ether oxygens (including phenoxy) is 2. The zero-order valence-corrected chi connectivity index (χ0v) is 10.2. The van der Waals surface area contributed by atoms with E-state index in [0.717, 1.165) is 6.42 Å². The average molecular weight is 203 g/mol. The fourth-order valence-electron chi connectivity index (χ4n) is 1.04. The van der Waals surface area contributed by atoms with Crippen LogP contribution < -0.4 is 5.73 Å². The van der Waals surface area contributed by atoms with Gasteiger partial charge in [-0.1, -0.05) is 6.92 Å². The molecule has 0 heterocycles. The zero-order valence-electron chi connectivity index (χ0n) is 10.2. The molecule has 3 nitrogen and oxygen atoms in total. The summed E-state index contributed by atoms with van der Waals surface area (Å²) in [7, 11) is 0. The van der Waals surface area contributed by atoms with Crippen LogP contribution in [-0.2, 0) is 9.47 Å². The van der Waals surface area contributed by atoms with E-state index < -0.39 is 0 Å². The molecule has 0 rings (SSSR count). The Hall–Kier alpha value is -0.120. The van der Waals surface area contributed by atoms with E-state index in [4.69, 9.17) is 15.2 Å². The molecule has 2 atom stereocenters. The predicted molar refractivity (Wildman–Crippen MR) is 59.4 cm³/mol. The molecule has 0 bridgehead atoms. The molecule has 0 aliphatic rings. The minimum Gasteiger partial charge on any atom is -0.375 e. The Labute approximate surface area is 88.0 Å². The van der Waals surface area contributed by atoms with Gasteiger partial charge in [0.1, 0.15) is 0 Å². The Balaban J connectivity index is 3.45. The fourth-order valence-corrected chi connectivity index (χ4v) is 1.04. The van der Waals surface area contributed by atoms with Crippen LogP contribution in [0.25, 0.3) is 0 Å². The molecule has 0 aliphatic heterocycles. The summed E-state index contributed by atoms with van der Waals surface area (Å²) in [6.45, 7) is 11.4. The van der Waals surface area contributed by atoms with Gasteiger partial charge in [0, 0.05) is 6.04 Å². The topological polar surface area (TPSA) is 44.5 Å². The van der Waals surface area contributed by atoms with Crippen molar-refractivity contribution in [3.05, 3.63) is 0 Å². The lowest BCUT2D eigenvalue weighted by molar-refractivity contribution is -0.0523. The van der Waals surface area contributed by atoms with E-state index in [2.05, 4.69) is 6.92 Å². The molecule has 2 unspecified atom stereocenters. The monoisotopic (exact) mass is 203 g/mol. The molecule has 0 aromatic heterocycles. The Bertz CT molecular complexity index is 143. The Morgan fingerprint density at radius 3 is 2.21 bits per heavy atom. The molecule has 0 amide bonds. The lowest BCUT2D eigenvalue weighted by Gasteiger charge is -2.22. The number of hydrogen-bond donors (Lipinski definition) is 1. The van der Waals surface area contributed by atoms with E-state index in [1.54, 1.807) is 0 Å². The fraction of sp³-hybridized carbons (Fsp3) is 1.00.